The quantitative estimate of drug-likeness (QED) is 0.850. The highest BCUT2D eigenvalue weighted by Gasteiger charge is 2.11. The molecular formula is C14H15F2N3O2S. The fourth-order valence-electron chi connectivity index (χ4n) is 1.61. The second-order valence-corrected chi connectivity index (χ2v) is 5.55. The Bertz CT molecular complexity index is 629. The molecule has 8 heteroatoms. The maximum Gasteiger partial charge on any atom is 0.387 e. The maximum absolute atomic E-state index is 12.1. The van der Waals surface area contributed by atoms with E-state index in [1.807, 2.05) is 13.8 Å². The molecule has 0 spiro atoms. The molecule has 2 rings (SSSR count). The molecule has 0 fully saturated rings. The molecule has 0 aliphatic heterocycles. The number of aromatic nitrogens is 1. The van der Waals surface area contributed by atoms with Gasteiger partial charge in [-0.25, -0.2) is 4.98 Å². The lowest BCUT2D eigenvalue weighted by molar-refractivity contribution is -0.0498. The van der Waals surface area contributed by atoms with Gasteiger partial charge in [0.05, 0.1) is 0 Å². The summed E-state index contributed by atoms with van der Waals surface area (Å²) >= 11 is 1.28. The number of rotatable bonds is 6. The highest BCUT2D eigenvalue weighted by atomic mass is 32.1. The first-order chi connectivity index (χ1) is 10.4. The van der Waals surface area contributed by atoms with Crippen LogP contribution in [0.4, 0.5) is 19.6 Å². The molecule has 0 aliphatic carbocycles. The summed E-state index contributed by atoms with van der Waals surface area (Å²) in [5.74, 6) is -0.156. The Hall–Kier alpha value is -2.22. The third-order valence-corrected chi connectivity index (χ3v) is 3.25. The predicted octanol–water partition coefficient (Wildman–Crippen LogP) is 3.63. The third-order valence-electron chi connectivity index (χ3n) is 2.49. The molecule has 0 bridgehead atoms. The highest BCUT2D eigenvalue weighted by Crippen LogP contribution is 2.23. The number of thiazole rings is 1. The van der Waals surface area contributed by atoms with Gasteiger partial charge in [0.2, 0.25) is 0 Å². The minimum Gasteiger partial charge on any atom is -0.435 e. The zero-order chi connectivity index (χ0) is 16.1. The van der Waals surface area contributed by atoms with Gasteiger partial charge in [0.1, 0.15) is 11.4 Å². The van der Waals surface area contributed by atoms with Gasteiger partial charge in [-0.15, -0.1) is 11.3 Å². The van der Waals surface area contributed by atoms with E-state index in [1.165, 1.54) is 23.5 Å². The van der Waals surface area contributed by atoms with Crippen LogP contribution in [0.5, 0.6) is 5.75 Å². The van der Waals surface area contributed by atoms with Crippen LogP contribution in [0.15, 0.2) is 29.6 Å². The van der Waals surface area contributed by atoms with Crippen LogP contribution in [0.2, 0.25) is 0 Å². The molecule has 1 amide bonds. The summed E-state index contributed by atoms with van der Waals surface area (Å²) < 4.78 is 28.4. The largest absolute Gasteiger partial charge is 0.435 e. The van der Waals surface area contributed by atoms with Crippen molar-refractivity contribution in [2.45, 2.75) is 26.5 Å². The molecule has 118 valence electrons. The average molecular weight is 327 g/mol. The topological polar surface area (TPSA) is 63.2 Å². The molecule has 5 nitrogen and oxygen atoms in total. The van der Waals surface area contributed by atoms with Gasteiger partial charge in [-0.3, -0.25) is 4.79 Å². The van der Waals surface area contributed by atoms with Gasteiger partial charge in [-0.1, -0.05) is 0 Å². The van der Waals surface area contributed by atoms with Crippen LogP contribution < -0.4 is 15.4 Å². The summed E-state index contributed by atoms with van der Waals surface area (Å²) in [5.41, 5.74) is 0.991. The Morgan fingerprint density at radius 1 is 1.27 bits per heavy atom. The summed E-state index contributed by atoms with van der Waals surface area (Å²) in [4.78, 5) is 16.0. The fourth-order valence-corrected chi connectivity index (χ4v) is 2.33. The Balaban J connectivity index is 1.99. The van der Waals surface area contributed by atoms with Crippen molar-refractivity contribution in [2.75, 3.05) is 5.32 Å². The van der Waals surface area contributed by atoms with E-state index in [-0.39, 0.29) is 17.7 Å². The molecule has 0 aliphatic rings. The number of alkyl halides is 2. The van der Waals surface area contributed by atoms with Crippen molar-refractivity contribution >= 4 is 28.1 Å². The molecule has 2 aromatic rings. The van der Waals surface area contributed by atoms with Crippen LogP contribution in [0.25, 0.3) is 0 Å². The van der Waals surface area contributed by atoms with Gasteiger partial charge in [0, 0.05) is 17.1 Å². The number of carbonyl (C=O) groups excluding carboxylic acids is 1. The van der Waals surface area contributed by atoms with Gasteiger partial charge < -0.3 is 15.4 Å². The molecule has 1 heterocycles. The number of nitrogens with one attached hydrogen (secondary N) is 2. The van der Waals surface area contributed by atoms with Crippen molar-refractivity contribution in [1.82, 2.24) is 10.3 Å². The first-order valence-electron chi connectivity index (χ1n) is 6.52. The Morgan fingerprint density at radius 3 is 2.55 bits per heavy atom. The van der Waals surface area contributed by atoms with Crippen LogP contribution in [-0.2, 0) is 0 Å². The van der Waals surface area contributed by atoms with Gasteiger partial charge in [-0.05, 0) is 38.1 Å². The van der Waals surface area contributed by atoms with Crippen LogP contribution in [0, 0.1) is 0 Å². The normalized spacial score (nSPS) is 10.8. The molecule has 0 unspecified atom stereocenters. The standard InChI is InChI=1S/C14H15F2N3O2S/c1-8(2)17-12(20)11-7-22-14(19-11)18-9-3-5-10(6-4-9)21-13(15)16/h3-8,13H,1-2H3,(H,17,20)(H,18,19). The van der Waals surface area contributed by atoms with Gasteiger partial charge in [0.25, 0.3) is 5.91 Å². The number of ether oxygens (including phenoxy) is 1. The van der Waals surface area contributed by atoms with E-state index < -0.39 is 6.61 Å². The maximum atomic E-state index is 12.1. The molecule has 1 aromatic heterocycles. The molecule has 2 N–H and O–H groups in total. The second-order valence-electron chi connectivity index (χ2n) is 4.69. The highest BCUT2D eigenvalue weighted by molar-refractivity contribution is 7.14. The molecule has 0 saturated carbocycles. The number of hydrogen-bond acceptors (Lipinski definition) is 5. The summed E-state index contributed by atoms with van der Waals surface area (Å²) in [6, 6.07) is 6.07. The summed E-state index contributed by atoms with van der Waals surface area (Å²) in [5, 5.41) is 7.93. The number of amides is 1. The molecular weight excluding hydrogens is 312 g/mol. The number of nitrogens with zero attached hydrogens (tertiary/aromatic N) is 1. The summed E-state index contributed by atoms with van der Waals surface area (Å²) in [6.45, 7) is 0.888. The average Bonchev–Trinajstić information content (AvgIpc) is 2.88. The van der Waals surface area contributed by atoms with E-state index in [2.05, 4.69) is 20.4 Å². The second kappa shape index (κ2) is 7.17. The van der Waals surface area contributed by atoms with E-state index in [4.69, 9.17) is 0 Å². The van der Waals surface area contributed by atoms with Crippen molar-refractivity contribution in [2.24, 2.45) is 0 Å². The SMILES string of the molecule is CC(C)NC(=O)c1csc(Nc2ccc(OC(F)F)cc2)n1. The van der Waals surface area contributed by atoms with Crippen molar-refractivity contribution in [3.63, 3.8) is 0 Å². The Labute approximate surface area is 130 Å². The number of halogens is 2. The third kappa shape index (κ3) is 4.66. The monoisotopic (exact) mass is 327 g/mol. The molecule has 0 atom stereocenters. The van der Waals surface area contributed by atoms with Gasteiger partial charge >= 0.3 is 6.61 Å². The number of carbonyl (C=O) groups is 1. The van der Waals surface area contributed by atoms with Crippen LogP contribution in [-0.4, -0.2) is 23.5 Å². The van der Waals surface area contributed by atoms with E-state index in [0.29, 0.717) is 16.5 Å². The molecule has 0 saturated heterocycles. The van der Waals surface area contributed by atoms with Crippen molar-refractivity contribution in [1.29, 1.82) is 0 Å². The predicted molar refractivity (Wildman–Crippen MR) is 81.1 cm³/mol. The minimum atomic E-state index is -2.85. The summed E-state index contributed by atoms with van der Waals surface area (Å²) in [6.07, 6.45) is 0. The van der Waals surface area contributed by atoms with Crippen LogP contribution >= 0.6 is 11.3 Å². The Morgan fingerprint density at radius 2 is 1.95 bits per heavy atom. The first kappa shape index (κ1) is 16.2. The molecule has 0 radical (unpaired) electrons. The number of hydrogen-bond donors (Lipinski definition) is 2. The molecule has 22 heavy (non-hydrogen) atoms. The van der Waals surface area contributed by atoms with Crippen LogP contribution in [0.1, 0.15) is 24.3 Å². The zero-order valence-electron chi connectivity index (χ0n) is 12.0. The lowest BCUT2D eigenvalue weighted by atomic mass is 10.3. The van der Waals surface area contributed by atoms with Gasteiger partial charge in [0.15, 0.2) is 5.13 Å². The van der Waals surface area contributed by atoms with Crippen LogP contribution in [0.3, 0.4) is 0 Å². The van der Waals surface area contributed by atoms with E-state index >= 15 is 0 Å². The van der Waals surface area contributed by atoms with E-state index in [0.717, 1.165) is 0 Å². The smallest absolute Gasteiger partial charge is 0.387 e. The lowest BCUT2D eigenvalue weighted by Gasteiger charge is -2.06. The van der Waals surface area contributed by atoms with Crippen molar-refractivity contribution in [3.05, 3.63) is 35.3 Å². The van der Waals surface area contributed by atoms with E-state index in [1.54, 1.807) is 17.5 Å². The Kier molecular flexibility index (Phi) is 5.26. The number of anilines is 2. The minimum absolute atomic E-state index is 0.0352. The lowest BCUT2D eigenvalue weighted by Crippen LogP contribution is -2.30. The fraction of sp³-hybridized carbons (Fsp3) is 0.286. The van der Waals surface area contributed by atoms with E-state index in [9.17, 15) is 13.6 Å². The van der Waals surface area contributed by atoms with Crippen molar-refractivity contribution in [3.8, 4) is 5.75 Å². The number of benzene rings is 1. The van der Waals surface area contributed by atoms with Crippen molar-refractivity contribution < 1.29 is 18.3 Å². The first-order valence-corrected chi connectivity index (χ1v) is 7.40. The van der Waals surface area contributed by atoms with Gasteiger partial charge in [-0.2, -0.15) is 8.78 Å². The summed E-state index contributed by atoms with van der Waals surface area (Å²) in [7, 11) is 0. The molecule has 1 aromatic carbocycles. The zero-order valence-corrected chi connectivity index (χ0v) is 12.8.